The monoisotopic (exact) mass is 492 g/mol. The third-order valence-electron chi connectivity index (χ3n) is 5.06. The molecule has 6 heteroatoms. The Balaban J connectivity index is 0.00000900. The number of hydrogen-bond acceptors (Lipinski definition) is 2. The number of aryl methyl sites for hydroxylation is 1. The van der Waals surface area contributed by atoms with E-state index in [4.69, 9.17) is 5.26 Å². The number of nitrogens with one attached hydrogen (secondary N) is 1. The van der Waals surface area contributed by atoms with Crippen molar-refractivity contribution in [2.45, 2.75) is 97.1 Å². The number of imidazole rings is 1. The molecular weight excluding hydrogens is 452 g/mol. The summed E-state index contributed by atoms with van der Waals surface area (Å²) in [6, 6.07) is 2.12. The highest BCUT2D eigenvalue weighted by molar-refractivity contribution is 5.75. The van der Waals surface area contributed by atoms with Gasteiger partial charge < -0.3 is 22.3 Å². The van der Waals surface area contributed by atoms with E-state index in [1.807, 2.05) is 27.9 Å². The van der Waals surface area contributed by atoms with Crippen LogP contribution in [0.5, 0.6) is 0 Å². The van der Waals surface area contributed by atoms with Crippen molar-refractivity contribution in [2.24, 2.45) is 0 Å². The summed E-state index contributed by atoms with van der Waals surface area (Å²) in [5.41, 5.74) is 0. The van der Waals surface area contributed by atoms with E-state index in [0.717, 1.165) is 25.8 Å². The van der Waals surface area contributed by atoms with Gasteiger partial charge in [-0.25, -0.2) is 9.13 Å². The molecular formula is C25H41BrN4O. The molecule has 0 fully saturated rings. The van der Waals surface area contributed by atoms with Crippen molar-refractivity contribution in [3.8, 4) is 6.07 Å². The fourth-order valence-corrected chi connectivity index (χ4v) is 3.28. The van der Waals surface area contributed by atoms with Crippen LogP contribution in [0.1, 0.15) is 84.0 Å². The first kappa shape index (κ1) is 29.1. The largest absolute Gasteiger partial charge is 1.00 e. The second kappa shape index (κ2) is 21.4. The van der Waals surface area contributed by atoms with Crippen LogP contribution in [0, 0.1) is 11.3 Å². The zero-order valence-corrected chi connectivity index (χ0v) is 20.9. The van der Waals surface area contributed by atoms with Crippen LogP contribution in [-0.4, -0.2) is 17.0 Å². The van der Waals surface area contributed by atoms with Crippen LogP contribution in [0.3, 0.4) is 0 Å². The average Bonchev–Trinajstić information content (AvgIpc) is 3.19. The molecule has 0 radical (unpaired) electrons. The van der Waals surface area contributed by atoms with Gasteiger partial charge >= 0.3 is 0 Å². The Morgan fingerprint density at radius 2 is 1.71 bits per heavy atom. The van der Waals surface area contributed by atoms with Gasteiger partial charge in [-0.3, -0.25) is 4.79 Å². The topological polar surface area (TPSA) is 61.7 Å². The van der Waals surface area contributed by atoms with Crippen molar-refractivity contribution in [3.63, 3.8) is 0 Å². The Kier molecular flexibility index (Phi) is 20.1. The minimum Gasteiger partial charge on any atom is -1.00 e. The van der Waals surface area contributed by atoms with Crippen molar-refractivity contribution in [2.75, 3.05) is 6.54 Å². The minimum absolute atomic E-state index is 0. The molecule has 0 atom stereocenters. The summed E-state index contributed by atoms with van der Waals surface area (Å²) in [6.45, 7) is 4.14. The fraction of sp³-hybridized carbons (Fsp3) is 0.640. The highest BCUT2D eigenvalue weighted by atomic mass is 79.9. The predicted octanol–water partition coefficient (Wildman–Crippen LogP) is 2.23. The quantitative estimate of drug-likeness (QED) is 0.194. The Morgan fingerprint density at radius 3 is 2.42 bits per heavy atom. The molecule has 0 saturated carbocycles. The summed E-state index contributed by atoms with van der Waals surface area (Å²) in [7, 11) is 0. The SMILES string of the molecule is CCCCCCCCCCC=CC=CCCC(=O)NCCC[n+]1ccn(CC#N)c1.[Br-]. The van der Waals surface area contributed by atoms with Gasteiger partial charge in [0.05, 0.1) is 6.54 Å². The highest BCUT2D eigenvalue weighted by Gasteiger charge is 2.03. The number of nitrogens with zero attached hydrogens (tertiary/aromatic N) is 3. The normalized spacial score (nSPS) is 11.0. The molecule has 0 bridgehead atoms. The number of unbranched alkanes of at least 4 members (excludes halogenated alkanes) is 8. The summed E-state index contributed by atoms with van der Waals surface area (Å²) >= 11 is 0. The fourth-order valence-electron chi connectivity index (χ4n) is 3.28. The number of amides is 1. The van der Waals surface area contributed by atoms with Gasteiger partial charge in [-0.05, 0) is 19.3 Å². The van der Waals surface area contributed by atoms with E-state index < -0.39 is 0 Å². The summed E-state index contributed by atoms with van der Waals surface area (Å²) in [6.07, 6.45) is 28.4. The second-order valence-electron chi connectivity index (χ2n) is 7.84. The number of aromatic nitrogens is 2. The number of carbonyl (C=O) groups is 1. The van der Waals surface area contributed by atoms with Crippen LogP contribution in [0.25, 0.3) is 0 Å². The number of hydrogen-bond donors (Lipinski definition) is 1. The summed E-state index contributed by atoms with van der Waals surface area (Å²) < 4.78 is 3.88. The molecule has 0 aliphatic carbocycles. The van der Waals surface area contributed by atoms with Crippen molar-refractivity contribution in [1.29, 1.82) is 5.26 Å². The first-order valence-corrected chi connectivity index (χ1v) is 11.8. The molecule has 1 aromatic rings. The van der Waals surface area contributed by atoms with Gasteiger partial charge in [0.1, 0.15) is 18.5 Å². The Bertz CT molecular complexity index is 661. The van der Waals surface area contributed by atoms with Crippen molar-refractivity contribution < 1.29 is 26.3 Å². The van der Waals surface area contributed by atoms with Gasteiger partial charge in [0.25, 0.3) is 0 Å². The third kappa shape index (κ3) is 17.5. The molecule has 174 valence electrons. The molecule has 0 aliphatic rings. The van der Waals surface area contributed by atoms with E-state index in [1.165, 1.54) is 51.4 Å². The molecule has 31 heavy (non-hydrogen) atoms. The molecule has 0 aliphatic heterocycles. The molecule has 0 spiro atoms. The lowest BCUT2D eigenvalue weighted by molar-refractivity contribution is -0.696. The van der Waals surface area contributed by atoms with E-state index in [-0.39, 0.29) is 22.9 Å². The average molecular weight is 494 g/mol. The highest BCUT2D eigenvalue weighted by Crippen LogP contribution is 2.09. The molecule has 0 unspecified atom stereocenters. The number of nitriles is 1. The van der Waals surface area contributed by atoms with Crippen molar-refractivity contribution >= 4 is 5.91 Å². The number of allylic oxidation sites excluding steroid dienone is 4. The second-order valence-corrected chi connectivity index (χ2v) is 7.84. The number of halogens is 1. The van der Waals surface area contributed by atoms with Crippen LogP contribution >= 0.6 is 0 Å². The molecule has 1 N–H and O–H groups in total. The maximum absolute atomic E-state index is 11.9. The lowest BCUT2D eigenvalue weighted by atomic mass is 10.1. The van der Waals surface area contributed by atoms with E-state index >= 15 is 0 Å². The van der Waals surface area contributed by atoms with Crippen LogP contribution in [0.2, 0.25) is 0 Å². The first-order valence-electron chi connectivity index (χ1n) is 11.8. The third-order valence-corrected chi connectivity index (χ3v) is 5.06. The van der Waals surface area contributed by atoms with Crippen molar-refractivity contribution in [3.05, 3.63) is 43.0 Å². The van der Waals surface area contributed by atoms with Gasteiger partial charge in [0.2, 0.25) is 12.2 Å². The maximum atomic E-state index is 11.9. The van der Waals surface area contributed by atoms with Gasteiger partial charge in [-0.1, -0.05) is 76.2 Å². The van der Waals surface area contributed by atoms with Crippen LogP contribution in [0.15, 0.2) is 43.0 Å². The lowest BCUT2D eigenvalue weighted by Crippen LogP contribution is -3.00. The molecule has 5 nitrogen and oxygen atoms in total. The molecule has 0 saturated heterocycles. The standard InChI is InChI=1S/C25H40N4O.BrH/c1-2-3-4-5-6-7-8-9-10-11-12-13-14-15-17-25(30)27-19-16-20-28-22-23-29(24-28)21-18-26;/h11-14,22-24H,2-10,15-17,19-21H2,1H3;1H. The van der Waals surface area contributed by atoms with E-state index in [9.17, 15) is 4.79 Å². The summed E-state index contributed by atoms with van der Waals surface area (Å²) in [5.74, 6) is 0.106. The number of rotatable bonds is 18. The van der Waals surface area contributed by atoms with Gasteiger partial charge in [-0.2, -0.15) is 5.26 Å². The minimum atomic E-state index is 0. The molecule has 1 aromatic heterocycles. The van der Waals surface area contributed by atoms with Crippen LogP contribution < -0.4 is 26.9 Å². The summed E-state index contributed by atoms with van der Waals surface area (Å²) in [4.78, 5) is 11.9. The number of carbonyl (C=O) groups excluding carboxylic acids is 1. The molecule has 1 heterocycles. The summed E-state index contributed by atoms with van der Waals surface area (Å²) in [5, 5.41) is 11.6. The zero-order chi connectivity index (χ0) is 21.7. The Hall–Kier alpha value is -1.87. The molecule has 1 rings (SSSR count). The van der Waals surface area contributed by atoms with Crippen LogP contribution in [-0.2, 0) is 17.9 Å². The zero-order valence-electron chi connectivity index (χ0n) is 19.3. The van der Waals surface area contributed by atoms with Gasteiger partial charge in [0.15, 0.2) is 6.54 Å². The van der Waals surface area contributed by atoms with Gasteiger partial charge in [-0.15, -0.1) is 0 Å². The Labute approximate surface area is 200 Å². The predicted molar refractivity (Wildman–Crippen MR) is 123 cm³/mol. The molecule has 0 aromatic carbocycles. The van der Waals surface area contributed by atoms with Crippen LogP contribution in [0.4, 0.5) is 0 Å². The van der Waals surface area contributed by atoms with E-state index in [1.54, 1.807) is 0 Å². The van der Waals surface area contributed by atoms with E-state index in [2.05, 4.69) is 42.6 Å². The van der Waals surface area contributed by atoms with Gasteiger partial charge in [0, 0.05) is 19.4 Å². The lowest BCUT2D eigenvalue weighted by Gasteiger charge is -2.02. The smallest absolute Gasteiger partial charge is 0.244 e. The van der Waals surface area contributed by atoms with Crippen molar-refractivity contribution in [1.82, 2.24) is 9.88 Å². The maximum Gasteiger partial charge on any atom is 0.244 e. The molecule has 1 amide bonds. The van der Waals surface area contributed by atoms with E-state index in [0.29, 0.717) is 19.5 Å². The Morgan fingerprint density at radius 1 is 1.03 bits per heavy atom. The first-order chi connectivity index (χ1) is 14.8.